The summed E-state index contributed by atoms with van der Waals surface area (Å²) < 4.78 is 4.71. The van der Waals surface area contributed by atoms with E-state index in [-0.39, 0.29) is 0 Å². The van der Waals surface area contributed by atoms with Gasteiger partial charge in [-0.2, -0.15) is 0 Å². The van der Waals surface area contributed by atoms with Crippen LogP contribution in [0.4, 0.5) is 0 Å². The van der Waals surface area contributed by atoms with Gasteiger partial charge < -0.3 is 0 Å². The number of hydrogen-bond acceptors (Lipinski definition) is 2. The Kier molecular flexibility index (Phi) is 5.75. The van der Waals surface area contributed by atoms with Crippen molar-refractivity contribution in [1.29, 1.82) is 0 Å². The Hall–Kier alpha value is 0.997. The van der Waals surface area contributed by atoms with E-state index >= 15 is 0 Å². The molecular weight excluding hydrogens is 494 g/mol. The van der Waals surface area contributed by atoms with Crippen LogP contribution in [0.25, 0.3) is 9.75 Å². The van der Waals surface area contributed by atoms with Crippen LogP contribution in [-0.2, 0) is 0 Å². The maximum absolute atomic E-state index is 2.51. The third-order valence-electron chi connectivity index (χ3n) is 2.55. The normalized spacial score (nSPS) is 12.9. The van der Waals surface area contributed by atoms with Crippen LogP contribution in [0.3, 0.4) is 0 Å². The van der Waals surface area contributed by atoms with E-state index in [1.54, 1.807) is 8.46 Å². The van der Waals surface area contributed by atoms with Crippen LogP contribution in [0.1, 0.15) is 41.5 Å². The van der Waals surface area contributed by atoms with Crippen LogP contribution < -0.4 is 7.16 Å². The van der Waals surface area contributed by atoms with Gasteiger partial charge in [-0.3, -0.25) is 0 Å². The van der Waals surface area contributed by atoms with Crippen molar-refractivity contribution >= 4 is 72.1 Å². The summed E-state index contributed by atoms with van der Waals surface area (Å²) in [5.74, 6) is 0. The van der Waals surface area contributed by atoms with Crippen LogP contribution in [0, 0.1) is 0 Å². The first kappa shape index (κ1) is 17.4. The predicted octanol–water partition coefficient (Wildman–Crippen LogP) is 4.57. The molecule has 4 heteroatoms. The third kappa shape index (κ3) is 5.02. The Morgan fingerprint density at radius 3 is 2.05 bits per heavy atom. The molecule has 4 radical (unpaired) electrons. The fourth-order valence-electron chi connectivity index (χ4n) is 1.94. The number of rotatable bonds is 3. The first-order valence-corrected chi connectivity index (χ1v) is 14.3. The van der Waals surface area contributed by atoms with E-state index in [1.165, 1.54) is 4.88 Å². The molecule has 0 nitrogen and oxygen atoms in total. The molecule has 0 amide bonds. The van der Waals surface area contributed by atoms with E-state index in [0.717, 1.165) is 0 Å². The first-order chi connectivity index (χ1) is 9.16. The molecule has 106 valence electrons. The summed E-state index contributed by atoms with van der Waals surface area (Å²) in [6.45, 7) is 14.6. The van der Waals surface area contributed by atoms with E-state index in [1.807, 2.05) is 26.3 Å². The molecule has 2 rings (SSSR count). The molecule has 0 spiro atoms. The second kappa shape index (κ2) is 6.63. The second-order valence-corrected chi connectivity index (χ2v) is 21.9. The van der Waals surface area contributed by atoms with Crippen LogP contribution in [-0.4, -0.2) is 42.3 Å². The van der Waals surface area contributed by atoms with Gasteiger partial charge in [0.25, 0.3) is 0 Å². The standard InChI is InChI=1S/C8H4S2.2C4H9.2Sn/c1-3-7(9-5-1)8-4-2-6-10-8;2*1-4(2)3;;/h1,3,5-6H;2*1-3H3;;. The molecule has 0 aliphatic rings. The van der Waals surface area contributed by atoms with Gasteiger partial charge in [-0.05, 0) is 0 Å². The van der Waals surface area contributed by atoms with E-state index in [4.69, 9.17) is 0 Å². The molecule has 2 aromatic rings. The average Bonchev–Trinajstić information content (AvgIpc) is 2.85. The molecule has 0 saturated carbocycles. The molecule has 0 saturated heterocycles. The SMILES string of the molecule is C[C](C)(C)[Sn][c]1csc(-c2cccs2)[c]1[Sn][C](C)(C)C. The van der Waals surface area contributed by atoms with Gasteiger partial charge in [-0.1, -0.05) is 0 Å². The minimum absolute atomic E-state index is 0.492. The topological polar surface area (TPSA) is 0 Å². The molecular formula is C16H22S2Sn2. The molecule has 0 aromatic carbocycles. The summed E-state index contributed by atoms with van der Waals surface area (Å²) in [5, 5.41) is 4.72. The zero-order chi connectivity index (χ0) is 15.0. The molecule has 0 N–H and O–H groups in total. The van der Waals surface area contributed by atoms with Crippen molar-refractivity contribution < 1.29 is 0 Å². The van der Waals surface area contributed by atoms with Gasteiger partial charge in [0.15, 0.2) is 0 Å². The number of hydrogen-bond donors (Lipinski definition) is 0. The minimum atomic E-state index is -0.539. The van der Waals surface area contributed by atoms with Crippen molar-refractivity contribution in [2.24, 2.45) is 0 Å². The molecule has 2 aromatic heterocycles. The van der Waals surface area contributed by atoms with Gasteiger partial charge in [0, 0.05) is 0 Å². The fraction of sp³-hybridized carbons (Fsp3) is 0.500. The van der Waals surface area contributed by atoms with Gasteiger partial charge >= 0.3 is 153 Å². The zero-order valence-corrected chi connectivity index (χ0v) is 20.5. The van der Waals surface area contributed by atoms with Gasteiger partial charge in [-0.15, -0.1) is 0 Å². The Bertz CT molecular complexity index is 554. The van der Waals surface area contributed by atoms with Crippen molar-refractivity contribution in [3.63, 3.8) is 0 Å². The predicted molar refractivity (Wildman–Crippen MR) is 97.8 cm³/mol. The Labute approximate surface area is 151 Å². The van der Waals surface area contributed by atoms with Crippen LogP contribution in [0.2, 0.25) is 6.86 Å². The average molecular weight is 516 g/mol. The van der Waals surface area contributed by atoms with Gasteiger partial charge in [0.05, 0.1) is 0 Å². The van der Waals surface area contributed by atoms with Gasteiger partial charge in [-0.25, -0.2) is 0 Å². The first-order valence-electron chi connectivity index (χ1n) is 6.87. The summed E-state index contributed by atoms with van der Waals surface area (Å²) >= 11 is 2.88. The van der Waals surface area contributed by atoms with Crippen LogP contribution in [0.5, 0.6) is 0 Å². The Morgan fingerprint density at radius 1 is 0.900 bits per heavy atom. The van der Waals surface area contributed by atoms with E-state index in [2.05, 4.69) is 64.4 Å². The molecule has 0 bridgehead atoms. The molecule has 0 aliphatic heterocycles. The van der Waals surface area contributed by atoms with Crippen LogP contribution >= 0.6 is 22.7 Å². The molecule has 2 heterocycles. The summed E-state index contributed by atoms with van der Waals surface area (Å²) in [4.78, 5) is 3.11. The van der Waals surface area contributed by atoms with Crippen molar-refractivity contribution in [2.75, 3.05) is 0 Å². The Balaban J connectivity index is 2.43. The maximum atomic E-state index is 2.51. The molecule has 0 fully saturated rings. The molecule has 0 unspecified atom stereocenters. The summed E-state index contributed by atoms with van der Waals surface area (Å²) in [6, 6.07) is 4.49. The summed E-state index contributed by atoms with van der Waals surface area (Å²) in [6.07, 6.45) is 0. The van der Waals surface area contributed by atoms with Gasteiger partial charge in [0.2, 0.25) is 0 Å². The monoisotopic (exact) mass is 518 g/mol. The summed E-state index contributed by atoms with van der Waals surface area (Å²) in [5.41, 5.74) is 0. The van der Waals surface area contributed by atoms with Crippen molar-refractivity contribution in [3.8, 4) is 9.75 Å². The fourth-order valence-corrected chi connectivity index (χ4v) is 15.2. The second-order valence-electron chi connectivity index (χ2n) is 7.08. The summed E-state index contributed by atoms with van der Waals surface area (Å²) in [7, 11) is 0. The number of thiophene rings is 2. The Morgan fingerprint density at radius 2 is 1.55 bits per heavy atom. The third-order valence-corrected chi connectivity index (χ3v) is 16.1. The van der Waals surface area contributed by atoms with Crippen molar-refractivity contribution in [1.82, 2.24) is 0 Å². The molecule has 0 atom stereocenters. The molecule has 0 aliphatic carbocycles. The van der Waals surface area contributed by atoms with E-state index < -0.39 is 42.3 Å². The van der Waals surface area contributed by atoms with Crippen LogP contribution in [0.15, 0.2) is 22.9 Å². The van der Waals surface area contributed by atoms with Crippen molar-refractivity contribution in [2.45, 2.75) is 48.4 Å². The molecule has 20 heavy (non-hydrogen) atoms. The van der Waals surface area contributed by atoms with E-state index in [0.29, 0.717) is 6.86 Å². The van der Waals surface area contributed by atoms with E-state index in [9.17, 15) is 0 Å². The zero-order valence-electron chi connectivity index (χ0n) is 13.1. The quantitative estimate of drug-likeness (QED) is 0.525. The van der Waals surface area contributed by atoms with Gasteiger partial charge in [0.1, 0.15) is 0 Å². The van der Waals surface area contributed by atoms with Crippen molar-refractivity contribution in [3.05, 3.63) is 22.9 Å².